The molecule has 0 aliphatic rings. The van der Waals surface area contributed by atoms with E-state index in [1.54, 1.807) is 32.1 Å². The molecule has 0 unspecified atom stereocenters. The van der Waals surface area contributed by atoms with Crippen LogP contribution in [0.5, 0.6) is 0 Å². The molecule has 0 amide bonds. The van der Waals surface area contributed by atoms with Gasteiger partial charge in [0.15, 0.2) is 0 Å². The van der Waals surface area contributed by atoms with Gasteiger partial charge in [0.2, 0.25) is 5.95 Å². The van der Waals surface area contributed by atoms with Gasteiger partial charge in [-0.25, -0.2) is 14.5 Å². The average Bonchev–Trinajstić information content (AvgIpc) is 2.97. The molecule has 0 aromatic carbocycles. The van der Waals surface area contributed by atoms with Crippen molar-refractivity contribution >= 4 is 18.1 Å². The van der Waals surface area contributed by atoms with Crippen LogP contribution < -0.4 is 16.1 Å². The average molecular weight is 300 g/mol. The van der Waals surface area contributed by atoms with Gasteiger partial charge >= 0.3 is 5.97 Å². The van der Waals surface area contributed by atoms with Crippen LogP contribution in [0.2, 0.25) is 0 Å². The normalized spacial score (nSPS) is 12.5. The van der Waals surface area contributed by atoms with Gasteiger partial charge in [0.25, 0.3) is 5.56 Å². The highest BCUT2D eigenvalue weighted by Gasteiger charge is 2.11. The van der Waals surface area contributed by atoms with Crippen molar-refractivity contribution in [1.82, 2.24) is 19.7 Å². The number of rotatable bonds is 4. The molecule has 0 aliphatic carbocycles. The molecule has 1 N–H and O–H groups in total. The number of allylic oxidation sites excluding steroid dienone is 1. The van der Waals surface area contributed by atoms with E-state index in [1.807, 2.05) is 0 Å². The zero-order valence-corrected chi connectivity index (χ0v) is 12.4. The van der Waals surface area contributed by atoms with E-state index in [0.29, 0.717) is 10.6 Å². The highest BCUT2D eigenvalue weighted by molar-refractivity contribution is 5.88. The van der Waals surface area contributed by atoms with Crippen LogP contribution in [0.15, 0.2) is 29.8 Å². The molecule has 0 spiro atoms. The standard InChI is InChI=1S/C15H16N4O3/c1-4-7-12-11(5-2)13(20)18-15(17-12)19-9-10(8-16-19)14(21)22-6-3/h4-5,7-9H,1,6H2,2-3H3,(H,17,18,20)/b11-5+,12-7+. The minimum Gasteiger partial charge on any atom is -0.462 e. The van der Waals surface area contributed by atoms with E-state index in [9.17, 15) is 9.59 Å². The molecule has 0 aliphatic heterocycles. The quantitative estimate of drug-likeness (QED) is 0.796. The first-order valence-corrected chi connectivity index (χ1v) is 6.72. The molecule has 114 valence electrons. The molecule has 7 heteroatoms. The molecule has 0 radical (unpaired) electrons. The van der Waals surface area contributed by atoms with E-state index in [4.69, 9.17) is 4.74 Å². The summed E-state index contributed by atoms with van der Waals surface area (Å²) >= 11 is 0. The molecule has 2 aromatic rings. The fourth-order valence-electron chi connectivity index (χ4n) is 1.87. The first-order valence-electron chi connectivity index (χ1n) is 6.72. The SMILES string of the molecule is C=C/C=c1/nc(-n2cc(C(=O)OCC)cn2)[nH]c(=O)/c1=C/C. The van der Waals surface area contributed by atoms with Crippen LogP contribution in [0.25, 0.3) is 18.1 Å². The Morgan fingerprint density at radius 3 is 2.95 bits per heavy atom. The molecule has 0 saturated heterocycles. The Morgan fingerprint density at radius 1 is 1.55 bits per heavy atom. The van der Waals surface area contributed by atoms with Crippen LogP contribution >= 0.6 is 0 Å². The van der Waals surface area contributed by atoms with E-state index in [0.717, 1.165) is 0 Å². The summed E-state index contributed by atoms with van der Waals surface area (Å²) < 4.78 is 6.20. The summed E-state index contributed by atoms with van der Waals surface area (Å²) in [6.07, 6.45) is 7.64. The molecule has 0 atom stereocenters. The molecule has 0 bridgehead atoms. The second-order valence-corrected chi connectivity index (χ2v) is 4.27. The van der Waals surface area contributed by atoms with E-state index in [1.165, 1.54) is 17.1 Å². The maximum Gasteiger partial charge on any atom is 0.341 e. The Labute approximate surface area is 126 Å². The molecule has 0 fully saturated rings. The van der Waals surface area contributed by atoms with Gasteiger partial charge in [0.05, 0.1) is 28.9 Å². The number of nitrogens with one attached hydrogen (secondary N) is 1. The molecule has 2 rings (SSSR count). The first kappa shape index (κ1) is 15.4. The highest BCUT2D eigenvalue weighted by atomic mass is 16.5. The molecule has 22 heavy (non-hydrogen) atoms. The largest absolute Gasteiger partial charge is 0.462 e. The number of aromatic nitrogens is 4. The summed E-state index contributed by atoms with van der Waals surface area (Å²) in [4.78, 5) is 30.6. The van der Waals surface area contributed by atoms with Crippen LogP contribution in [0.1, 0.15) is 24.2 Å². The number of hydrogen-bond donors (Lipinski definition) is 1. The summed E-state index contributed by atoms with van der Waals surface area (Å²) in [6.45, 7) is 7.35. The van der Waals surface area contributed by atoms with Crippen molar-refractivity contribution in [2.75, 3.05) is 6.61 Å². The van der Waals surface area contributed by atoms with Crippen LogP contribution in [0, 0.1) is 0 Å². The van der Waals surface area contributed by atoms with Gasteiger partial charge in [-0.1, -0.05) is 18.7 Å². The zero-order chi connectivity index (χ0) is 16.1. The number of nitrogens with zero attached hydrogens (tertiary/aromatic N) is 3. The summed E-state index contributed by atoms with van der Waals surface area (Å²) in [5, 5.41) is 4.94. The van der Waals surface area contributed by atoms with Crippen molar-refractivity contribution in [2.45, 2.75) is 13.8 Å². The van der Waals surface area contributed by atoms with E-state index in [-0.39, 0.29) is 23.7 Å². The van der Waals surface area contributed by atoms with Gasteiger partial charge < -0.3 is 4.74 Å². The van der Waals surface area contributed by atoms with E-state index in [2.05, 4.69) is 21.6 Å². The summed E-state index contributed by atoms with van der Waals surface area (Å²) in [6, 6.07) is 0. The van der Waals surface area contributed by atoms with Crippen LogP contribution in [-0.4, -0.2) is 32.3 Å². The summed E-state index contributed by atoms with van der Waals surface area (Å²) in [5.74, 6) is -0.272. The molecule has 2 heterocycles. The number of hydrogen-bond acceptors (Lipinski definition) is 5. The second-order valence-electron chi connectivity index (χ2n) is 4.27. The van der Waals surface area contributed by atoms with E-state index < -0.39 is 5.97 Å². The zero-order valence-electron chi connectivity index (χ0n) is 12.4. The number of carbonyl (C=O) groups excluding carboxylic acids is 1. The predicted octanol–water partition coefficient (Wildman–Crippen LogP) is -0.101. The Balaban J connectivity index is 2.55. The fourth-order valence-corrected chi connectivity index (χ4v) is 1.87. The topological polar surface area (TPSA) is 89.9 Å². The van der Waals surface area contributed by atoms with Crippen LogP contribution in [-0.2, 0) is 4.74 Å². The van der Waals surface area contributed by atoms with Crippen molar-refractivity contribution in [3.63, 3.8) is 0 Å². The lowest BCUT2D eigenvalue weighted by molar-refractivity contribution is 0.0526. The maximum absolute atomic E-state index is 12.1. The van der Waals surface area contributed by atoms with Gasteiger partial charge in [-0.05, 0) is 19.9 Å². The predicted molar refractivity (Wildman–Crippen MR) is 82.0 cm³/mol. The van der Waals surface area contributed by atoms with Crippen LogP contribution in [0.4, 0.5) is 0 Å². The minimum atomic E-state index is -0.479. The van der Waals surface area contributed by atoms with Gasteiger partial charge in [0.1, 0.15) is 0 Å². The van der Waals surface area contributed by atoms with Gasteiger partial charge in [0, 0.05) is 6.20 Å². The molecule has 7 nitrogen and oxygen atoms in total. The monoisotopic (exact) mass is 300 g/mol. The Morgan fingerprint density at radius 2 is 2.32 bits per heavy atom. The number of esters is 1. The van der Waals surface area contributed by atoms with Crippen LogP contribution in [0.3, 0.4) is 0 Å². The third-order valence-electron chi connectivity index (χ3n) is 2.85. The molecule has 0 saturated carbocycles. The van der Waals surface area contributed by atoms with Gasteiger partial charge in [-0.3, -0.25) is 9.78 Å². The maximum atomic E-state index is 12.1. The van der Waals surface area contributed by atoms with Crippen molar-refractivity contribution in [3.05, 3.63) is 51.5 Å². The molecular formula is C15H16N4O3. The molecular weight excluding hydrogens is 284 g/mol. The number of H-pyrrole nitrogens is 1. The smallest absolute Gasteiger partial charge is 0.341 e. The Bertz CT molecular complexity index is 877. The lowest BCUT2D eigenvalue weighted by atomic mass is 10.3. The number of carbonyl (C=O) groups is 1. The fraction of sp³-hybridized carbons (Fsp3) is 0.200. The third-order valence-corrected chi connectivity index (χ3v) is 2.85. The van der Waals surface area contributed by atoms with Crippen molar-refractivity contribution in [1.29, 1.82) is 0 Å². The second kappa shape index (κ2) is 6.66. The summed E-state index contributed by atoms with van der Waals surface area (Å²) in [7, 11) is 0. The van der Waals surface area contributed by atoms with Gasteiger partial charge in [-0.15, -0.1) is 0 Å². The van der Waals surface area contributed by atoms with Gasteiger partial charge in [-0.2, -0.15) is 5.10 Å². The van der Waals surface area contributed by atoms with Crippen molar-refractivity contribution in [3.8, 4) is 5.95 Å². The highest BCUT2D eigenvalue weighted by Crippen LogP contribution is 2.02. The van der Waals surface area contributed by atoms with Crippen molar-refractivity contribution < 1.29 is 9.53 Å². The summed E-state index contributed by atoms with van der Waals surface area (Å²) in [5.41, 5.74) is -0.0151. The lowest BCUT2D eigenvalue weighted by Crippen LogP contribution is -2.43. The van der Waals surface area contributed by atoms with E-state index >= 15 is 0 Å². The first-order chi connectivity index (χ1) is 10.6. The molecule has 2 aromatic heterocycles. The third kappa shape index (κ3) is 3.03. The minimum absolute atomic E-state index is 0.208. The lowest BCUT2D eigenvalue weighted by Gasteiger charge is -2.00. The Kier molecular flexibility index (Phi) is 4.67. The number of ether oxygens (including phenoxy) is 1. The van der Waals surface area contributed by atoms with Crippen molar-refractivity contribution in [2.24, 2.45) is 0 Å². The number of aromatic amines is 1. The Hall–Kier alpha value is -2.96.